The van der Waals surface area contributed by atoms with Crippen molar-refractivity contribution >= 4 is 17.6 Å². The maximum atomic E-state index is 10.5. The predicted octanol–water partition coefficient (Wildman–Crippen LogP) is 0.949. The van der Waals surface area contributed by atoms with Crippen molar-refractivity contribution in [2.24, 2.45) is 0 Å². The molecule has 1 aromatic heterocycles. The Hall–Kier alpha value is -1.33. The molecule has 0 amide bonds. The van der Waals surface area contributed by atoms with Gasteiger partial charge in [0.1, 0.15) is 12.4 Å². The molecule has 1 heterocycles. The van der Waals surface area contributed by atoms with Crippen LogP contribution in [0.1, 0.15) is 6.92 Å². The molecule has 1 rings (SSSR count). The molecule has 5 nitrogen and oxygen atoms in total. The number of aliphatic carboxylic acids is 1. The van der Waals surface area contributed by atoms with Crippen molar-refractivity contribution in [2.75, 3.05) is 6.61 Å². The van der Waals surface area contributed by atoms with Gasteiger partial charge in [0.25, 0.3) is 0 Å². The molecular formula is C9H10ClNO4. The fourth-order valence-electron chi connectivity index (χ4n) is 0.757. The summed E-state index contributed by atoms with van der Waals surface area (Å²) >= 11 is 5.64. The molecule has 2 N–H and O–H groups in total. The lowest BCUT2D eigenvalue weighted by Crippen LogP contribution is -2.41. The maximum Gasteiger partial charge on any atom is 0.339 e. The quantitative estimate of drug-likeness (QED) is 0.807. The first kappa shape index (κ1) is 11.7. The van der Waals surface area contributed by atoms with Crippen molar-refractivity contribution in [1.82, 2.24) is 4.98 Å². The number of nitrogens with zero attached hydrogens (tertiary/aromatic N) is 1. The molecule has 0 aliphatic heterocycles. The van der Waals surface area contributed by atoms with E-state index in [9.17, 15) is 9.90 Å². The van der Waals surface area contributed by atoms with Crippen molar-refractivity contribution in [3.63, 3.8) is 0 Å². The largest absolute Gasteiger partial charge is 0.488 e. The first-order chi connectivity index (χ1) is 6.92. The Morgan fingerprint density at radius 3 is 2.87 bits per heavy atom. The molecule has 0 fully saturated rings. The molecule has 0 aliphatic rings. The molecule has 0 saturated heterocycles. The van der Waals surface area contributed by atoms with E-state index in [0.717, 1.165) is 6.92 Å². The first-order valence-electron chi connectivity index (χ1n) is 4.11. The Morgan fingerprint density at radius 1 is 1.67 bits per heavy atom. The minimum absolute atomic E-state index is 0.309. The van der Waals surface area contributed by atoms with Crippen LogP contribution in [0.5, 0.6) is 5.75 Å². The van der Waals surface area contributed by atoms with Crippen molar-refractivity contribution in [3.05, 3.63) is 23.5 Å². The molecule has 0 saturated carbocycles. The third-order valence-electron chi connectivity index (χ3n) is 1.66. The van der Waals surface area contributed by atoms with E-state index in [1.54, 1.807) is 0 Å². The second-order valence-corrected chi connectivity index (χ2v) is 3.64. The van der Waals surface area contributed by atoms with Gasteiger partial charge in [-0.05, 0) is 6.92 Å². The fourth-order valence-corrected chi connectivity index (χ4v) is 0.921. The van der Waals surface area contributed by atoms with Crippen molar-refractivity contribution in [2.45, 2.75) is 12.5 Å². The number of hydrogen-bond acceptors (Lipinski definition) is 4. The summed E-state index contributed by atoms with van der Waals surface area (Å²) < 4.78 is 5.04. The van der Waals surface area contributed by atoms with Gasteiger partial charge in [0.15, 0.2) is 5.60 Å². The number of halogens is 1. The van der Waals surface area contributed by atoms with E-state index in [1.165, 1.54) is 18.5 Å². The summed E-state index contributed by atoms with van der Waals surface area (Å²) in [5.41, 5.74) is -1.93. The Morgan fingerprint density at radius 2 is 2.33 bits per heavy atom. The number of carboxylic acid groups (broad SMARTS) is 1. The molecule has 6 heteroatoms. The number of hydrogen-bond donors (Lipinski definition) is 2. The van der Waals surface area contributed by atoms with Gasteiger partial charge in [-0.25, -0.2) is 4.79 Å². The third kappa shape index (κ3) is 3.38. The van der Waals surface area contributed by atoms with Gasteiger partial charge in [-0.1, -0.05) is 11.6 Å². The Balaban J connectivity index is 2.61. The monoisotopic (exact) mass is 231 g/mol. The molecule has 1 aromatic rings. The summed E-state index contributed by atoms with van der Waals surface area (Å²) in [5.74, 6) is -1.04. The zero-order chi connectivity index (χ0) is 11.5. The Kier molecular flexibility index (Phi) is 3.49. The van der Waals surface area contributed by atoms with E-state index in [1.807, 2.05) is 0 Å². The van der Waals surface area contributed by atoms with E-state index < -0.39 is 11.6 Å². The van der Waals surface area contributed by atoms with Gasteiger partial charge < -0.3 is 14.9 Å². The topological polar surface area (TPSA) is 79.7 Å². The maximum absolute atomic E-state index is 10.5. The zero-order valence-electron chi connectivity index (χ0n) is 7.98. The lowest BCUT2D eigenvalue weighted by Gasteiger charge is -2.18. The highest BCUT2D eigenvalue weighted by Gasteiger charge is 2.30. The molecular weight excluding hydrogens is 222 g/mol. The number of rotatable bonds is 4. The summed E-state index contributed by atoms with van der Waals surface area (Å²) in [4.78, 5) is 14.3. The predicted molar refractivity (Wildman–Crippen MR) is 53.0 cm³/mol. The minimum atomic E-state index is -1.93. The van der Waals surface area contributed by atoms with E-state index >= 15 is 0 Å². The van der Waals surface area contributed by atoms with Crippen molar-refractivity contribution in [1.29, 1.82) is 0 Å². The van der Waals surface area contributed by atoms with Crippen LogP contribution in [0.4, 0.5) is 0 Å². The van der Waals surface area contributed by atoms with E-state index in [4.69, 9.17) is 21.4 Å². The number of aliphatic hydroxyl groups is 1. The van der Waals surface area contributed by atoms with E-state index in [-0.39, 0.29) is 6.61 Å². The van der Waals surface area contributed by atoms with Crippen LogP contribution in [-0.4, -0.2) is 33.4 Å². The summed E-state index contributed by atoms with van der Waals surface area (Å²) in [7, 11) is 0. The molecule has 15 heavy (non-hydrogen) atoms. The lowest BCUT2D eigenvalue weighted by atomic mass is 10.1. The minimum Gasteiger partial charge on any atom is -0.488 e. The van der Waals surface area contributed by atoms with E-state index in [2.05, 4.69) is 4.98 Å². The van der Waals surface area contributed by atoms with Crippen LogP contribution in [0.15, 0.2) is 18.5 Å². The highest BCUT2D eigenvalue weighted by atomic mass is 35.5. The van der Waals surface area contributed by atoms with Crippen LogP contribution in [0.2, 0.25) is 5.02 Å². The molecule has 82 valence electrons. The molecule has 1 unspecified atom stereocenters. The molecule has 0 radical (unpaired) electrons. The number of aromatic nitrogens is 1. The summed E-state index contributed by atoms with van der Waals surface area (Å²) in [6.45, 7) is 0.775. The molecule has 1 atom stereocenters. The van der Waals surface area contributed by atoms with Crippen molar-refractivity contribution in [3.8, 4) is 5.75 Å². The van der Waals surface area contributed by atoms with Crippen molar-refractivity contribution < 1.29 is 19.7 Å². The lowest BCUT2D eigenvalue weighted by molar-refractivity contribution is -0.159. The number of carboxylic acids is 1. The third-order valence-corrected chi connectivity index (χ3v) is 1.87. The Bertz CT molecular complexity index is 367. The Labute approximate surface area is 91.3 Å². The smallest absolute Gasteiger partial charge is 0.339 e. The van der Waals surface area contributed by atoms with Crippen LogP contribution in [-0.2, 0) is 4.79 Å². The summed E-state index contributed by atoms with van der Waals surface area (Å²) in [6, 6.07) is 1.48. The second kappa shape index (κ2) is 4.46. The van der Waals surface area contributed by atoms with Gasteiger partial charge >= 0.3 is 5.97 Å². The van der Waals surface area contributed by atoms with Crippen LogP contribution in [0.25, 0.3) is 0 Å². The van der Waals surface area contributed by atoms with Gasteiger partial charge in [-0.15, -0.1) is 0 Å². The number of pyridine rings is 1. The van der Waals surface area contributed by atoms with Gasteiger partial charge in [-0.3, -0.25) is 4.98 Å². The molecule has 0 spiro atoms. The summed E-state index contributed by atoms with van der Waals surface area (Å²) in [6.07, 6.45) is 2.80. The fraction of sp³-hybridized carbons (Fsp3) is 0.333. The number of ether oxygens (including phenoxy) is 1. The van der Waals surface area contributed by atoms with Gasteiger partial charge in [-0.2, -0.15) is 0 Å². The van der Waals surface area contributed by atoms with Crippen LogP contribution < -0.4 is 4.74 Å². The molecule has 0 aliphatic carbocycles. The number of carbonyl (C=O) groups is 1. The van der Waals surface area contributed by atoms with Gasteiger partial charge in [0.2, 0.25) is 0 Å². The standard InChI is InChI=1S/C9H10ClNO4/c1-9(14,8(12)13)5-15-7-2-6(10)3-11-4-7/h2-4,14H,5H2,1H3,(H,12,13). The molecule has 0 aromatic carbocycles. The normalized spacial score (nSPS) is 14.3. The highest BCUT2D eigenvalue weighted by molar-refractivity contribution is 6.30. The van der Waals surface area contributed by atoms with Gasteiger partial charge in [0, 0.05) is 12.3 Å². The van der Waals surface area contributed by atoms with Crippen LogP contribution in [0, 0.1) is 0 Å². The highest BCUT2D eigenvalue weighted by Crippen LogP contribution is 2.16. The molecule has 0 bridgehead atoms. The zero-order valence-corrected chi connectivity index (χ0v) is 8.73. The average molecular weight is 232 g/mol. The second-order valence-electron chi connectivity index (χ2n) is 3.21. The van der Waals surface area contributed by atoms with Gasteiger partial charge in [0.05, 0.1) is 11.2 Å². The summed E-state index contributed by atoms with van der Waals surface area (Å²) in [5, 5.41) is 18.3. The van der Waals surface area contributed by atoms with Crippen LogP contribution in [0.3, 0.4) is 0 Å². The van der Waals surface area contributed by atoms with Crippen LogP contribution >= 0.6 is 11.6 Å². The average Bonchev–Trinajstić information content (AvgIpc) is 2.15. The van der Waals surface area contributed by atoms with E-state index in [0.29, 0.717) is 10.8 Å². The SMILES string of the molecule is CC(O)(COc1cncc(Cl)c1)C(=O)O. The first-order valence-corrected chi connectivity index (χ1v) is 4.49.